The van der Waals surface area contributed by atoms with Crippen LogP contribution in [0.1, 0.15) is 36.7 Å². The van der Waals surface area contributed by atoms with Gasteiger partial charge in [-0.3, -0.25) is 0 Å². The molecule has 38 heavy (non-hydrogen) atoms. The Balaban J connectivity index is 1.63. The van der Waals surface area contributed by atoms with E-state index in [1.54, 1.807) is 19.1 Å². The third-order valence-corrected chi connectivity index (χ3v) is 7.63. The van der Waals surface area contributed by atoms with Gasteiger partial charge in [0.1, 0.15) is 28.6 Å². The van der Waals surface area contributed by atoms with Crippen LogP contribution in [0.15, 0.2) is 30.6 Å². The lowest BCUT2D eigenvalue weighted by Crippen LogP contribution is -2.42. The Morgan fingerprint density at radius 2 is 1.87 bits per heavy atom. The van der Waals surface area contributed by atoms with Crippen LogP contribution in [0.25, 0.3) is 17.1 Å². The molecule has 1 fully saturated rings. The Labute approximate surface area is 218 Å². The summed E-state index contributed by atoms with van der Waals surface area (Å²) < 4.78 is 82.7. The molecule has 1 aliphatic rings. The van der Waals surface area contributed by atoms with Crippen LogP contribution in [0.5, 0.6) is 0 Å². The zero-order valence-electron chi connectivity index (χ0n) is 21.2. The number of hydrogen-bond acceptors (Lipinski definition) is 7. The van der Waals surface area contributed by atoms with Crippen molar-refractivity contribution in [3.8, 4) is 17.1 Å². The van der Waals surface area contributed by atoms with Gasteiger partial charge in [0.25, 0.3) is 0 Å². The van der Waals surface area contributed by atoms with Crippen molar-refractivity contribution >= 4 is 16.0 Å². The topological polar surface area (TPSA) is 105 Å². The van der Waals surface area contributed by atoms with Crippen LogP contribution in [0.4, 0.5) is 23.5 Å². The maximum absolute atomic E-state index is 14.9. The van der Waals surface area contributed by atoms with Crippen LogP contribution in [-0.2, 0) is 22.7 Å². The molecule has 1 saturated heterocycles. The standard InChI is InChI=1S/C24H29F4N7O2S/c1-4-29-12-16-5-6-21(19(25)11-16)35-14-20(31-15(35)2)22-18(24(26,27)28)13-30-23(33-22)32-17-7-9-34(10-8-17)38(3,36)37/h5-6,11,13-14,17,29H,4,7-10,12H2,1-3H3,(H,30,32,33). The molecular formula is C24H29F4N7O2S. The number of anilines is 1. The van der Waals surface area contributed by atoms with E-state index in [4.69, 9.17) is 0 Å². The number of piperidine rings is 1. The highest BCUT2D eigenvalue weighted by molar-refractivity contribution is 7.88. The maximum Gasteiger partial charge on any atom is 0.420 e. The van der Waals surface area contributed by atoms with Gasteiger partial charge in [-0.1, -0.05) is 13.0 Å². The molecular weight excluding hydrogens is 526 g/mol. The van der Waals surface area contributed by atoms with Crippen LogP contribution in [-0.4, -0.2) is 64.2 Å². The van der Waals surface area contributed by atoms with Gasteiger partial charge in [-0.2, -0.15) is 13.2 Å². The first-order valence-corrected chi connectivity index (χ1v) is 13.9. The second-order valence-corrected chi connectivity index (χ2v) is 11.1. The number of aryl methyl sites for hydroxylation is 1. The lowest BCUT2D eigenvalue weighted by atomic mass is 10.1. The summed E-state index contributed by atoms with van der Waals surface area (Å²) in [6, 6.07) is 4.45. The number of halogens is 4. The van der Waals surface area contributed by atoms with E-state index in [0.717, 1.165) is 18.4 Å². The van der Waals surface area contributed by atoms with Crippen molar-refractivity contribution in [1.29, 1.82) is 0 Å². The summed E-state index contributed by atoms with van der Waals surface area (Å²) in [4.78, 5) is 12.3. The molecule has 3 heterocycles. The summed E-state index contributed by atoms with van der Waals surface area (Å²) in [5.74, 6) is -0.279. The van der Waals surface area contributed by atoms with Gasteiger partial charge in [0, 0.05) is 38.1 Å². The molecule has 3 aromatic rings. The van der Waals surface area contributed by atoms with E-state index in [1.165, 1.54) is 21.1 Å². The fourth-order valence-electron chi connectivity index (χ4n) is 4.32. The van der Waals surface area contributed by atoms with Crippen LogP contribution in [0, 0.1) is 12.7 Å². The van der Waals surface area contributed by atoms with E-state index >= 15 is 0 Å². The molecule has 14 heteroatoms. The van der Waals surface area contributed by atoms with E-state index in [1.807, 2.05) is 6.92 Å². The average Bonchev–Trinajstić information content (AvgIpc) is 3.23. The van der Waals surface area contributed by atoms with Crippen molar-refractivity contribution in [1.82, 2.24) is 29.1 Å². The van der Waals surface area contributed by atoms with Crippen LogP contribution < -0.4 is 10.6 Å². The highest BCUT2D eigenvalue weighted by atomic mass is 32.2. The molecule has 0 aliphatic carbocycles. The highest BCUT2D eigenvalue weighted by Crippen LogP contribution is 2.36. The summed E-state index contributed by atoms with van der Waals surface area (Å²) >= 11 is 0. The normalized spacial score (nSPS) is 15.7. The van der Waals surface area contributed by atoms with Gasteiger partial charge in [0.2, 0.25) is 16.0 Å². The van der Waals surface area contributed by atoms with E-state index in [-0.39, 0.29) is 42.3 Å². The lowest BCUT2D eigenvalue weighted by Gasteiger charge is -2.30. The van der Waals surface area contributed by atoms with Crippen molar-refractivity contribution < 1.29 is 26.0 Å². The van der Waals surface area contributed by atoms with Gasteiger partial charge < -0.3 is 15.2 Å². The SMILES string of the molecule is CCNCc1ccc(-n2cc(-c3nc(NC4CCN(S(C)(=O)=O)CC4)ncc3C(F)(F)F)nc2C)c(F)c1. The minimum Gasteiger partial charge on any atom is -0.351 e. The molecule has 1 aliphatic heterocycles. The van der Waals surface area contributed by atoms with Crippen molar-refractivity contribution in [2.75, 3.05) is 31.2 Å². The summed E-state index contributed by atoms with van der Waals surface area (Å²) in [6.07, 6.45) is -0.694. The number of alkyl halides is 3. The predicted octanol–water partition coefficient (Wildman–Crippen LogP) is 3.74. The van der Waals surface area contributed by atoms with E-state index in [0.29, 0.717) is 25.6 Å². The zero-order valence-corrected chi connectivity index (χ0v) is 22.0. The van der Waals surface area contributed by atoms with Crippen molar-refractivity contribution in [2.45, 2.75) is 45.5 Å². The van der Waals surface area contributed by atoms with Gasteiger partial charge in [-0.15, -0.1) is 0 Å². The first-order valence-electron chi connectivity index (χ1n) is 12.1. The quantitative estimate of drug-likeness (QED) is 0.408. The minimum atomic E-state index is -4.74. The Bertz CT molecular complexity index is 1400. The number of sulfonamides is 1. The Kier molecular flexibility index (Phi) is 8.04. The fourth-order valence-corrected chi connectivity index (χ4v) is 5.20. The molecule has 2 N–H and O–H groups in total. The smallest absolute Gasteiger partial charge is 0.351 e. The fraction of sp³-hybridized carbons (Fsp3) is 0.458. The van der Waals surface area contributed by atoms with Crippen LogP contribution in [0.3, 0.4) is 0 Å². The van der Waals surface area contributed by atoms with Crippen molar-refractivity contribution in [3.05, 3.63) is 53.4 Å². The zero-order chi connectivity index (χ0) is 27.7. The molecule has 0 radical (unpaired) electrons. The minimum absolute atomic E-state index is 0.0306. The summed E-state index contributed by atoms with van der Waals surface area (Å²) in [5, 5.41) is 6.13. The molecule has 0 spiro atoms. The number of hydrogen-bond donors (Lipinski definition) is 2. The summed E-state index contributed by atoms with van der Waals surface area (Å²) in [5.41, 5.74) is -0.696. The largest absolute Gasteiger partial charge is 0.420 e. The second kappa shape index (κ2) is 10.9. The molecule has 0 bridgehead atoms. The highest BCUT2D eigenvalue weighted by Gasteiger charge is 2.36. The third-order valence-electron chi connectivity index (χ3n) is 6.33. The lowest BCUT2D eigenvalue weighted by molar-refractivity contribution is -0.137. The van der Waals surface area contributed by atoms with E-state index in [9.17, 15) is 26.0 Å². The molecule has 0 amide bonds. The van der Waals surface area contributed by atoms with Gasteiger partial charge >= 0.3 is 6.18 Å². The van der Waals surface area contributed by atoms with Crippen molar-refractivity contribution in [2.24, 2.45) is 0 Å². The predicted molar refractivity (Wildman–Crippen MR) is 135 cm³/mol. The third kappa shape index (κ3) is 6.30. The average molecular weight is 556 g/mol. The molecule has 206 valence electrons. The number of benzene rings is 1. The Hall–Kier alpha value is -3.10. The molecule has 0 atom stereocenters. The molecule has 1 aromatic carbocycles. The molecule has 2 aromatic heterocycles. The summed E-state index contributed by atoms with van der Waals surface area (Å²) in [7, 11) is -3.31. The second-order valence-electron chi connectivity index (χ2n) is 9.14. The monoisotopic (exact) mass is 555 g/mol. The van der Waals surface area contributed by atoms with Gasteiger partial charge in [-0.25, -0.2) is 32.1 Å². The van der Waals surface area contributed by atoms with Crippen LogP contribution in [0.2, 0.25) is 0 Å². The Morgan fingerprint density at radius 1 is 1.16 bits per heavy atom. The first-order chi connectivity index (χ1) is 17.9. The Morgan fingerprint density at radius 3 is 2.47 bits per heavy atom. The van der Waals surface area contributed by atoms with Gasteiger partial charge in [-0.05, 0) is 44.0 Å². The van der Waals surface area contributed by atoms with E-state index < -0.39 is 33.3 Å². The van der Waals surface area contributed by atoms with E-state index in [2.05, 4.69) is 25.6 Å². The maximum atomic E-state index is 14.9. The molecule has 0 saturated carbocycles. The van der Waals surface area contributed by atoms with Gasteiger partial charge in [0.15, 0.2) is 0 Å². The molecule has 4 rings (SSSR count). The van der Waals surface area contributed by atoms with Gasteiger partial charge in [0.05, 0.1) is 11.9 Å². The number of imidazole rings is 1. The van der Waals surface area contributed by atoms with Crippen LogP contribution >= 0.6 is 0 Å². The molecule has 9 nitrogen and oxygen atoms in total. The number of rotatable bonds is 8. The number of nitrogens with one attached hydrogen (secondary N) is 2. The summed E-state index contributed by atoms with van der Waals surface area (Å²) in [6.45, 7) is 5.29. The number of aromatic nitrogens is 4. The first kappa shape index (κ1) is 27.9. The number of nitrogens with zero attached hydrogens (tertiary/aromatic N) is 5. The van der Waals surface area contributed by atoms with Crippen molar-refractivity contribution in [3.63, 3.8) is 0 Å². The molecule has 0 unspecified atom stereocenters.